The van der Waals surface area contributed by atoms with Crippen LogP contribution in [-0.4, -0.2) is 25.1 Å². The van der Waals surface area contributed by atoms with E-state index in [0.717, 1.165) is 11.6 Å². The average Bonchev–Trinajstić information content (AvgIpc) is 2.75. The Morgan fingerprint density at radius 3 is 2.20 bits per heavy atom. The van der Waals surface area contributed by atoms with Crippen molar-refractivity contribution in [1.29, 1.82) is 0 Å². The van der Waals surface area contributed by atoms with E-state index in [9.17, 15) is 0 Å². The van der Waals surface area contributed by atoms with Crippen molar-refractivity contribution in [3.63, 3.8) is 0 Å². The molecule has 2 aromatic rings. The van der Waals surface area contributed by atoms with Crippen molar-refractivity contribution in [2.75, 3.05) is 0 Å². The van der Waals surface area contributed by atoms with Gasteiger partial charge in [-0.2, -0.15) is 5.10 Å². The lowest BCUT2D eigenvalue weighted by atomic mass is 10.2. The zero-order valence-electron chi connectivity index (χ0n) is 8.65. The fourth-order valence-corrected chi connectivity index (χ4v) is 0.860. The van der Waals surface area contributed by atoms with Gasteiger partial charge in [0, 0.05) is 18.3 Å². The molecule has 0 aliphatic rings. The van der Waals surface area contributed by atoms with Crippen LogP contribution in [-0.2, 0) is 0 Å². The molecule has 0 bridgehead atoms. The molecule has 15 heavy (non-hydrogen) atoms. The molecule has 2 N–H and O–H groups in total. The molecule has 0 atom stereocenters. The maximum Gasteiger partial charge on any atom is 0.137 e. The SMILES string of the molecule is C.CC(C)c1ncc[nH]1.Cc1ncn[nH]1. The number of hydrogen-bond donors (Lipinski definition) is 2. The number of imidazole rings is 1. The van der Waals surface area contributed by atoms with Crippen molar-refractivity contribution in [3.8, 4) is 0 Å². The molecular formula is C10H19N5. The first-order chi connectivity index (χ1) is 6.70. The largest absolute Gasteiger partial charge is 0.348 e. The standard InChI is InChI=1S/C6H10N2.C3H5N3.CH4/c1-5(2)6-7-3-4-8-6;1-3-4-2-5-6-3;/h3-5H,1-2H3,(H,7,8);2H,1H3,(H,4,5,6);1H4. The fraction of sp³-hybridized carbons (Fsp3) is 0.500. The van der Waals surface area contributed by atoms with Crippen LogP contribution in [0.15, 0.2) is 18.7 Å². The highest BCUT2D eigenvalue weighted by molar-refractivity contribution is 4.92. The summed E-state index contributed by atoms with van der Waals surface area (Å²) in [7, 11) is 0. The zero-order valence-corrected chi connectivity index (χ0v) is 8.65. The van der Waals surface area contributed by atoms with Crippen molar-refractivity contribution in [2.24, 2.45) is 0 Å². The van der Waals surface area contributed by atoms with E-state index in [2.05, 4.69) is 39.0 Å². The van der Waals surface area contributed by atoms with Crippen molar-refractivity contribution in [3.05, 3.63) is 30.4 Å². The quantitative estimate of drug-likeness (QED) is 0.757. The smallest absolute Gasteiger partial charge is 0.137 e. The van der Waals surface area contributed by atoms with Crippen molar-refractivity contribution < 1.29 is 0 Å². The molecule has 84 valence electrons. The normalized spacial score (nSPS) is 9.07. The maximum atomic E-state index is 4.06. The highest BCUT2D eigenvalue weighted by Gasteiger charge is 1.96. The summed E-state index contributed by atoms with van der Waals surface area (Å²) in [4.78, 5) is 10.8. The first-order valence-electron chi connectivity index (χ1n) is 4.51. The van der Waals surface area contributed by atoms with Crippen LogP contribution in [0.25, 0.3) is 0 Å². The summed E-state index contributed by atoms with van der Waals surface area (Å²) in [6.45, 7) is 6.07. The predicted octanol–water partition coefficient (Wildman–Crippen LogP) is 2.28. The molecule has 2 rings (SSSR count). The molecule has 0 aliphatic heterocycles. The Kier molecular flexibility index (Phi) is 6.01. The van der Waals surface area contributed by atoms with Crippen molar-refractivity contribution in [2.45, 2.75) is 34.1 Å². The van der Waals surface area contributed by atoms with Crippen LogP contribution >= 0.6 is 0 Å². The Bertz CT molecular complexity index is 323. The summed E-state index contributed by atoms with van der Waals surface area (Å²) in [5, 5.41) is 6.22. The summed E-state index contributed by atoms with van der Waals surface area (Å²) in [5.74, 6) is 2.44. The molecule has 0 radical (unpaired) electrons. The van der Waals surface area contributed by atoms with E-state index in [4.69, 9.17) is 0 Å². The number of aromatic amines is 2. The first kappa shape index (κ1) is 13.4. The van der Waals surface area contributed by atoms with Gasteiger partial charge in [-0.15, -0.1) is 0 Å². The van der Waals surface area contributed by atoms with Gasteiger partial charge in [0.1, 0.15) is 18.0 Å². The molecule has 0 unspecified atom stereocenters. The van der Waals surface area contributed by atoms with Crippen LogP contribution in [0, 0.1) is 6.92 Å². The highest BCUT2D eigenvalue weighted by atomic mass is 15.2. The lowest BCUT2D eigenvalue weighted by Crippen LogP contribution is -1.87. The van der Waals surface area contributed by atoms with Crippen LogP contribution in [0.2, 0.25) is 0 Å². The molecule has 2 aromatic heterocycles. The van der Waals surface area contributed by atoms with E-state index in [1.54, 1.807) is 6.20 Å². The molecule has 0 saturated heterocycles. The second-order valence-electron chi connectivity index (χ2n) is 3.20. The van der Waals surface area contributed by atoms with E-state index in [1.807, 2.05) is 13.1 Å². The average molecular weight is 209 g/mol. The molecule has 2 heterocycles. The number of aromatic nitrogens is 5. The highest BCUT2D eigenvalue weighted by Crippen LogP contribution is 2.05. The van der Waals surface area contributed by atoms with E-state index in [-0.39, 0.29) is 7.43 Å². The van der Waals surface area contributed by atoms with Gasteiger partial charge in [0.25, 0.3) is 0 Å². The summed E-state index contributed by atoms with van der Waals surface area (Å²) < 4.78 is 0. The van der Waals surface area contributed by atoms with Gasteiger partial charge in [0.05, 0.1) is 0 Å². The number of hydrogen-bond acceptors (Lipinski definition) is 3. The summed E-state index contributed by atoms with van der Waals surface area (Å²) in [6.07, 6.45) is 5.10. The van der Waals surface area contributed by atoms with E-state index in [0.29, 0.717) is 5.92 Å². The Hall–Kier alpha value is -1.65. The van der Waals surface area contributed by atoms with Gasteiger partial charge >= 0.3 is 0 Å². The molecule has 0 amide bonds. The molecule has 0 aliphatic carbocycles. The van der Waals surface area contributed by atoms with Crippen molar-refractivity contribution >= 4 is 0 Å². The van der Waals surface area contributed by atoms with Crippen LogP contribution in [0.3, 0.4) is 0 Å². The lowest BCUT2D eigenvalue weighted by molar-refractivity contribution is 0.794. The van der Waals surface area contributed by atoms with Crippen LogP contribution in [0.5, 0.6) is 0 Å². The monoisotopic (exact) mass is 209 g/mol. The third kappa shape index (κ3) is 4.95. The van der Waals surface area contributed by atoms with Gasteiger partial charge in [-0.05, 0) is 6.92 Å². The van der Waals surface area contributed by atoms with Crippen molar-refractivity contribution in [1.82, 2.24) is 25.1 Å². The fourth-order valence-electron chi connectivity index (χ4n) is 0.860. The molecule has 0 saturated carbocycles. The third-order valence-corrected chi connectivity index (χ3v) is 1.60. The summed E-state index contributed by atoms with van der Waals surface area (Å²) >= 11 is 0. The Morgan fingerprint density at radius 1 is 1.27 bits per heavy atom. The van der Waals surface area contributed by atoms with Gasteiger partial charge in [0.2, 0.25) is 0 Å². The summed E-state index contributed by atoms with van der Waals surface area (Å²) in [6, 6.07) is 0. The minimum atomic E-state index is 0. The maximum absolute atomic E-state index is 4.06. The minimum absolute atomic E-state index is 0. The molecule has 0 aromatic carbocycles. The van der Waals surface area contributed by atoms with Gasteiger partial charge in [-0.3, -0.25) is 5.10 Å². The topological polar surface area (TPSA) is 70.2 Å². The van der Waals surface area contributed by atoms with Crippen LogP contribution in [0.4, 0.5) is 0 Å². The Balaban J connectivity index is 0.000000253. The van der Waals surface area contributed by atoms with E-state index < -0.39 is 0 Å². The number of H-pyrrole nitrogens is 2. The molecule has 5 heteroatoms. The summed E-state index contributed by atoms with van der Waals surface area (Å²) in [5.41, 5.74) is 0. The molecular weight excluding hydrogens is 190 g/mol. The zero-order chi connectivity index (χ0) is 10.4. The lowest BCUT2D eigenvalue weighted by Gasteiger charge is -1.95. The van der Waals surface area contributed by atoms with E-state index in [1.165, 1.54) is 6.33 Å². The van der Waals surface area contributed by atoms with E-state index >= 15 is 0 Å². The van der Waals surface area contributed by atoms with Gasteiger partial charge in [-0.25, -0.2) is 9.97 Å². The first-order valence-corrected chi connectivity index (χ1v) is 4.51. The number of nitrogens with zero attached hydrogens (tertiary/aromatic N) is 3. The van der Waals surface area contributed by atoms with Crippen LogP contribution < -0.4 is 0 Å². The second-order valence-corrected chi connectivity index (χ2v) is 3.20. The number of rotatable bonds is 1. The molecule has 0 fully saturated rings. The second kappa shape index (κ2) is 6.75. The van der Waals surface area contributed by atoms with Gasteiger partial charge in [0.15, 0.2) is 0 Å². The van der Waals surface area contributed by atoms with Crippen LogP contribution in [0.1, 0.15) is 38.8 Å². The number of aryl methyl sites for hydroxylation is 1. The predicted molar refractivity (Wildman–Crippen MR) is 60.5 cm³/mol. The molecule has 0 spiro atoms. The third-order valence-electron chi connectivity index (χ3n) is 1.60. The number of nitrogens with one attached hydrogen (secondary N) is 2. The minimum Gasteiger partial charge on any atom is -0.348 e. The Labute approximate surface area is 90.4 Å². The Morgan fingerprint density at radius 2 is 2.00 bits per heavy atom. The molecule has 5 nitrogen and oxygen atoms in total. The van der Waals surface area contributed by atoms with Gasteiger partial charge < -0.3 is 4.98 Å². The van der Waals surface area contributed by atoms with Gasteiger partial charge in [-0.1, -0.05) is 21.3 Å².